The zero-order valence-corrected chi connectivity index (χ0v) is 12.0. The molecule has 0 saturated carbocycles. The minimum atomic E-state index is -3.32. The Morgan fingerprint density at radius 3 is 2.86 bits per heavy atom. The molecule has 0 atom stereocenters. The van der Waals surface area contributed by atoms with Crippen LogP contribution in [0.4, 0.5) is 11.7 Å². The normalized spacial score (nSPS) is 11.7. The number of sulfonamides is 1. The average molecular weight is 314 g/mol. The van der Waals surface area contributed by atoms with Crippen LogP contribution >= 0.6 is 0 Å². The van der Waals surface area contributed by atoms with Gasteiger partial charge in [0.2, 0.25) is 10.0 Å². The first kappa shape index (κ1) is 15.2. The number of non-ortho nitro benzene ring substituents is 1. The van der Waals surface area contributed by atoms with Gasteiger partial charge in [-0.2, -0.15) is 4.98 Å². The number of nitro benzene ring substituents is 1. The summed E-state index contributed by atoms with van der Waals surface area (Å²) in [5, 5.41) is 13.4. The van der Waals surface area contributed by atoms with Crippen molar-refractivity contribution in [1.29, 1.82) is 0 Å². The predicted molar refractivity (Wildman–Crippen MR) is 76.6 cm³/mol. The molecule has 0 radical (unpaired) electrons. The van der Waals surface area contributed by atoms with Crippen LogP contribution in [0.5, 0.6) is 0 Å². The van der Waals surface area contributed by atoms with Crippen LogP contribution < -0.4 is 10.0 Å². The van der Waals surface area contributed by atoms with E-state index in [1.165, 1.54) is 18.2 Å². The molecule has 2 N–H and O–H groups in total. The van der Waals surface area contributed by atoms with E-state index in [0.29, 0.717) is 12.1 Å². The largest absolute Gasteiger partial charge is 0.423 e. The number of anilines is 1. The van der Waals surface area contributed by atoms with E-state index >= 15 is 0 Å². The fraction of sp³-hybridized carbons (Fsp3) is 0.364. The summed E-state index contributed by atoms with van der Waals surface area (Å²) in [4.78, 5) is 14.2. The smallest absolute Gasteiger partial charge is 0.295 e. The molecule has 1 aromatic heterocycles. The Bertz CT molecular complexity index is 755. The molecule has 0 bridgehead atoms. The third-order valence-corrected chi connectivity index (χ3v) is 4.06. The average Bonchev–Trinajstić information content (AvgIpc) is 2.79. The summed E-state index contributed by atoms with van der Waals surface area (Å²) in [6.07, 6.45) is 0. The summed E-state index contributed by atoms with van der Waals surface area (Å²) >= 11 is 0. The van der Waals surface area contributed by atoms with Gasteiger partial charge in [0.1, 0.15) is 5.52 Å². The second kappa shape index (κ2) is 6.06. The third-order valence-electron chi connectivity index (χ3n) is 2.59. The van der Waals surface area contributed by atoms with Gasteiger partial charge >= 0.3 is 0 Å². The number of nitrogens with one attached hydrogen (secondary N) is 2. The molecule has 114 valence electrons. The minimum absolute atomic E-state index is 0.0973. The van der Waals surface area contributed by atoms with Gasteiger partial charge in [0, 0.05) is 19.2 Å². The van der Waals surface area contributed by atoms with Crippen molar-refractivity contribution in [2.75, 3.05) is 24.2 Å². The lowest BCUT2D eigenvalue weighted by atomic mass is 10.3. The predicted octanol–water partition coefficient (Wildman–Crippen LogP) is 1.09. The second-order valence-electron chi connectivity index (χ2n) is 4.17. The van der Waals surface area contributed by atoms with Crippen LogP contribution in [0.15, 0.2) is 22.6 Å². The van der Waals surface area contributed by atoms with E-state index in [0.717, 1.165) is 0 Å². The molecule has 0 fully saturated rings. The zero-order chi connectivity index (χ0) is 15.5. The number of nitrogens with zero attached hydrogens (tertiary/aromatic N) is 2. The lowest BCUT2D eigenvalue weighted by Gasteiger charge is -2.04. The van der Waals surface area contributed by atoms with Crippen LogP contribution in [0.1, 0.15) is 6.92 Å². The van der Waals surface area contributed by atoms with Crippen molar-refractivity contribution in [2.45, 2.75) is 6.92 Å². The van der Waals surface area contributed by atoms with Gasteiger partial charge in [0.15, 0.2) is 5.58 Å². The molecule has 0 unspecified atom stereocenters. The van der Waals surface area contributed by atoms with Crippen LogP contribution in [-0.2, 0) is 10.0 Å². The highest BCUT2D eigenvalue weighted by Gasteiger charge is 2.12. The maximum Gasteiger partial charge on any atom is 0.295 e. The highest BCUT2D eigenvalue weighted by molar-refractivity contribution is 7.89. The molecule has 9 nitrogen and oxygen atoms in total. The molecule has 0 aliphatic rings. The van der Waals surface area contributed by atoms with E-state index in [1.54, 1.807) is 6.92 Å². The molecule has 0 saturated heterocycles. The summed E-state index contributed by atoms with van der Waals surface area (Å²) in [5.74, 6) is -0.125. The van der Waals surface area contributed by atoms with E-state index in [2.05, 4.69) is 15.0 Å². The molecule has 1 aromatic carbocycles. The van der Waals surface area contributed by atoms with Gasteiger partial charge in [0.25, 0.3) is 11.7 Å². The number of oxazole rings is 1. The van der Waals surface area contributed by atoms with Gasteiger partial charge in [-0.25, -0.2) is 13.1 Å². The molecule has 0 aliphatic heterocycles. The lowest BCUT2D eigenvalue weighted by Crippen LogP contribution is -2.29. The standard InChI is InChI=1S/C11H14N4O5S/c1-2-13-21(18,19)6-5-12-11-14-9-4-3-8(15(16)17)7-10(9)20-11/h3-4,7,13H,2,5-6H2,1H3,(H,12,14). The Kier molecular flexibility index (Phi) is 4.38. The topological polar surface area (TPSA) is 127 Å². The van der Waals surface area contributed by atoms with E-state index in [1.807, 2.05) is 0 Å². The Balaban J connectivity index is 2.05. The molecular weight excluding hydrogens is 300 g/mol. The Labute approximate surface area is 120 Å². The number of hydrogen-bond acceptors (Lipinski definition) is 7. The fourth-order valence-electron chi connectivity index (χ4n) is 1.69. The lowest BCUT2D eigenvalue weighted by molar-refractivity contribution is -0.384. The summed E-state index contributed by atoms with van der Waals surface area (Å²) in [6.45, 7) is 2.14. The number of fused-ring (bicyclic) bond motifs is 1. The quantitative estimate of drug-likeness (QED) is 0.578. The third kappa shape index (κ3) is 3.89. The number of hydrogen-bond donors (Lipinski definition) is 2. The van der Waals surface area contributed by atoms with Crippen molar-refractivity contribution >= 4 is 32.8 Å². The molecular formula is C11H14N4O5S. The Morgan fingerprint density at radius 1 is 1.43 bits per heavy atom. The van der Waals surface area contributed by atoms with Crippen LogP contribution in [0, 0.1) is 10.1 Å². The SMILES string of the molecule is CCNS(=O)(=O)CCNc1nc2ccc([N+](=O)[O-])cc2o1. The summed E-state index contributed by atoms with van der Waals surface area (Å²) < 4.78 is 30.5. The van der Waals surface area contributed by atoms with Crippen LogP contribution in [-0.4, -0.2) is 37.2 Å². The van der Waals surface area contributed by atoms with Crippen LogP contribution in [0.25, 0.3) is 11.1 Å². The van der Waals surface area contributed by atoms with Crippen molar-refractivity contribution < 1.29 is 17.8 Å². The maximum absolute atomic E-state index is 11.4. The zero-order valence-electron chi connectivity index (χ0n) is 11.2. The minimum Gasteiger partial charge on any atom is -0.423 e. The highest BCUT2D eigenvalue weighted by Crippen LogP contribution is 2.23. The highest BCUT2D eigenvalue weighted by atomic mass is 32.2. The van der Waals surface area contributed by atoms with E-state index < -0.39 is 14.9 Å². The number of aromatic nitrogens is 1. The van der Waals surface area contributed by atoms with Gasteiger partial charge in [-0.05, 0) is 6.07 Å². The molecule has 0 spiro atoms. The first-order valence-corrected chi connectivity index (χ1v) is 7.82. The van der Waals surface area contributed by atoms with Crippen molar-refractivity contribution in [1.82, 2.24) is 9.71 Å². The first-order valence-electron chi connectivity index (χ1n) is 6.17. The second-order valence-corrected chi connectivity index (χ2v) is 6.10. The van der Waals surface area contributed by atoms with Crippen molar-refractivity contribution in [3.05, 3.63) is 28.3 Å². The van der Waals surface area contributed by atoms with E-state index in [4.69, 9.17) is 4.42 Å². The van der Waals surface area contributed by atoms with Gasteiger partial charge in [-0.1, -0.05) is 6.92 Å². The van der Waals surface area contributed by atoms with E-state index in [-0.39, 0.29) is 29.6 Å². The van der Waals surface area contributed by atoms with Crippen LogP contribution in [0.2, 0.25) is 0 Å². The summed E-state index contributed by atoms with van der Waals surface area (Å²) in [5.41, 5.74) is 0.624. The molecule has 0 amide bonds. The van der Waals surface area contributed by atoms with Gasteiger partial charge < -0.3 is 9.73 Å². The monoisotopic (exact) mass is 314 g/mol. The molecule has 10 heteroatoms. The van der Waals surface area contributed by atoms with Crippen molar-refractivity contribution in [3.8, 4) is 0 Å². The summed E-state index contributed by atoms with van der Waals surface area (Å²) in [7, 11) is -3.32. The molecule has 2 rings (SSSR count). The Morgan fingerprint density at radius 2 is 2.19 bits per heavy atom. The van der Waals surface area contributed by atoms with Crippen molar-refractivity contribution in [3.63, 3.8) is 0 Å². The summed E-state index contributed by atoms with van der Waals surface area (Å²) in [6, 6.07) is 4.18. The van der Waals surface area contributed by atoms with Crippen molar-refractivity contribution in [2.24, 2.45) is 0 Å². The molecule has 1 heterocycles. The number of rotatable bonds is 7. The van der Waals surface area contributed by atoms with Gasteiger partial charge in [0.05, 0.1) is 16.7 Å². The fourth-order valence-corrected chi connectivity index (χ4v) is 2.64. The van der Waals surface area contributed by atoms with Gasteiger partial charge in [-0.3, -0.25) is 10.1 Å². The van der Waals surface area contributed by atoms with Crippen LogP contribution in [0.3, 0.4) is 0 Å². The number of nitro groups is 1. The Hall–Kier alpha value is -2.20. The molecule has 2 aromatic rings. The van der Waals surface area contributed by atoms with E-state index in [9.17, 15) is 18.5 Å². The van der Waals surface area contributed by atoms with Gasteiger partial charge in [-0.15, -0.1) is 0 Å². The maximum atomic E-state index is 11.4. The molecule has 21 heavy (non-hydrogen) atoms. The first-order chi connectivity index (χ1) is 9.91. The molecule has 0 aliphatic carbocycles. The number of benzene rings is 1.